The molecule has 9 heteroatoms. The highest BCUT2D eigenvalue weighted by atomic mass is 32.2. The summed E-state index contributed by atoms with van der Waals surface area (Å²) in [5, 5.41) is 3.93. The van der Waals surface area contributed by atoms with Crippen LogP contribution in [0.5, 0.6) is 5.75 Å². The maximum absolute atomic E-state index is 12.7. The van der Waals surface area contributed by atoms with Gasteiger partial charge in [-0.05, 0) is 49.2 Å². The van der Waals surface area contributed by atoms with Gasteiger partial charge in [0.15, 0.2) is 5.76 Å². The van der Waals surface area contributed by atoms with Crippen LogP contribution in [0.3, 0.4) is 0 Å². The van der Waals surface area contributed by atoms with Crippen molar-refractivity contribution in [3.05, 3.63) is 65.9 Å². The second-order valence-electron chi connectivity index (χ2n) is 7.48. The Bertz CT molecular complexity index is 1180. The number of nitrogens with zero attached hydrogens (tertiary/aromatic N) is 2. The molecule has 1 aliphatic heterocycles. The monoisotopic (exact) mass is 456 g/mol. The van der Waals surface area contributed by atoms with E-state index < -0.39 is 16.0 Å². The van der Waals surface area contributed by atoms with E-state index in [0.29, 0.717) is 30.3 Å². The zero-order chi connectivity index (χ0) is 22.6. The van der Waals surface area contributed by atoms with Crippen molar-refractivity contribution < 1.29 is 27.2 Å². The van der Waals surface area contributed by atoms with Gasteiger partial charge in [-0.3, -0.25) is 0 Å². The Morgan fingerprint density at radius 1 is 1.06 bits per heavy atom. The first-order valence-electron chi connectivity index (χ1n) is 10.3. The van der Waals surface area contributed by atoms with Crippen molar-refractivity contribution in [1.82, 2.24) is 9.46 Å². The fraction of sp³-hybridized carbons (Fsp3) is 0.304. The smallest absolute Gasteiger partial charge is 0.338 e. The lowest BCUT2D eigenvalue weighted by Gasteiger charge is -2.25. The molecular formula is C23H24N2O6S. The molecule has 8 nitrogen and oxygen atoms in total. The number of rotatable bonds is 7. The second kappa shape index (κ2) is 9.54. The molecule has 168 valence electrons. The van der Waals surface area contributed by atoms with E-state index in [2.05, 4.69) is 5.16 Å². The van der Waals surface area contributed by atoms with E-state index in [-0.39, 0.29) is 17.1 Å². The quantitative estimate of drug-likeness (QED) is 0.498. The molecule has 0 bridgehead atoms. The largest absolute Gasteiger partial charge is 0.497 e. The van der Waals surface area contributed by atoms with Crippen LogP contribution in [0.15, 0.2) is 64.0 Å². The Hall–Kier alpha value is -3.17. The van der Waals surface area contributed by atoms with E-state index in [1.807, 2.05) is 24.3 Å². The van der Waals surface area contributed by atoms with Gasteiger partial charge in [0.2, 0.25) is 10.0 Å². The highest BCUT2D eigenvalue weighted by Gasteiger charge is 2.26. The summed E-state index contributed by atoms with van der Waals surface area (Å²) in [7, 11) is -1.96. The van der Waals surface area contributed by atoms with E-state index in [1.165, 1.54) is 28.6 Å². The molecule has 1 aliphatic rings. The molecule has 4 rings (SSSR count). The number of ether oxygens (including phenoxy) is 2. The molecular weight excluding hydrogens is 432 g/mol. The summed E-state index contributed by atoms with van der Waals surface area (Å²) in [5.74, 6) is 0.651. The van der Waals surface area contributed by atoms with Crippen molar-refractivity contribution in [1.29, 1.82) is 0 Å². The molecule has 0 atom stereocenters. The molecule has 0 radical (unpaired) electrons. The van der Waals surface area contributed by atoms with Crippen molar-refractivity contribution in [3.63, 3.8) is 0 Å². The summed E-state index contributed by atoms with van der Waals surface area (Å²) in [6.07, 6.45) is 2.78. The van der Waals surface area contributed by atoms with Crippen molar-refractivity contribution in [2.45, 2.75) is 30.8 Å². The Morgan fingerprint density at radius 3 is 2.53 bits per heavy atom. The number of sulfonamides is 1. The van der Waals surface area contributed by atoms with Crippen molar-refractivity contribution in [2.24, 2.45) is 0 Å². The molecule has 32 heavy (non-hydrogen) atoms. The Labute approximate surface area is 186 Å². The van der Waals surface area contributed by atoms with E-state index in [4.69, 9.17) is 14.0 Å². The third kappa shape index (κ3) is 4.84. The number of esters is 1. The lowest BCUT2D eigenvalue weighted by molar-refractivity contribution is 0.0464. The molecule has 1 saturated heterocycles. The van der Waals surface area contributed by atoms with Crippen LogP contribution >= 0.6 is 0 Å². The molecule has 0 unspecified atom stereocenters. The van der Waals surface area contributed by atoms with E-state index in [0.717, 1.165) is 24.8 Å². The Morgan fingerprint density at radius 2 is 1.81 bits per heavy atom. The third-order valence-electron chi connectivity index (χ3n) is 5.31. The summed E-state index contributed by atoms with van der Waals surface area (Å²) in [6, 6.07) is 14.8. The lowest BCUT2D eigenvalue weighted by Crippen LogP contribution is -2.35. The molecule has 2 heterocycles. The zero-order valence-electron chi connectivity index (χ0n) is 17.7. The predicted molar refractivity (Wildman–Crippen MR) is 117 cm³/mol. The van der Waals surface area contributed by atoms with Crippen LogP contribution in [-0.2, 0) is 21.4 Å². The summed E-state index contributed by atoms with van der Waals surface area (Å²) >= 11 is 0. The fourth-order valence-electron chi connectivity index (χ4n) is 3.53. The van der Waals surface area contributed by atoms with E-state index in [9.17, 15) is 13.2 Å². The number of methoxy groups -OCH3 is 1. The minimum absolute atomic E-state index is 0.0693. The predicted octanol–water partition coefficient (Wildman–Crippen LogP) is 3.88. The van der Waals surface area contributed by atoms with Gasteiger partial charge in [-0.2, -0.15) is 4.31 Å². The Balaban J connectivity index is 1.38. The zero-order valence-corrected chi connectivity index (χ0v) is 18.5. The number of carbonyl (C=O) groups excluding carboxylic acids is 1. The highest BCUT2D eigenvalue weighted by Crippen LogP contribution is 2.25. The molecule has 0 amide bonds. The van der Waals surface area contributed by atoms with Crippen molar-refractivity contribution >= 4 is 16.0 Å². The maximum Gasteiger partial charge on any atom is 0.338 e. The van der Waals surface area contributed by atoms with Crippen LogP contribution in [0.25, 0.3) is 11.3 Å². The van der Waals surface area contributed by atoms with Gasteiger partial charge >= 0.3 is 5.97 Å². The molecule has 0 saturated carbocycles. The number of hydrogen-bond donors (Lipinski definition) is 0. The molecule has 1 aromatic heterocycles. The van der Waals surface area contributed by atoms with Gasteiger partial charge < -0.3 is 14.0 Å². The number of carbonyl (C=O) groups is 1. The summed E-state index contributed by atoms with van der Waals surface area (Å²) in [4.78, 5) is 12.6. The Kier molecular flexibility index (Phi) is 6.57. The number of hydrogen-bond acceptors (Lipinski definition) is 7. The van der Waals surface area contributed by atoms with E-state index >= 15 is 0 Å². The maximum atomic E-state index is 12.7. The van der Waals surface area contributed by atoms with Gasteiger partial charge in [-0.1, -0.05) is 23.7 Å². The SMILES string of the molecule is COc1cccc(-c2cc(COC(=O)c3ccc(S(=O)(=O)N4CCCCC4)cc3)no2)c1. The highest BCUT2D eigenvalue weighted by molar-refractivity contribution is 7.89. The first-order valence-corrected chi connectivity index (χ1v) is 11.8. The second-order valence-corrected chi connectivity index (χ2v) is 9.42. The van der Waals surface area contributed by atoms with Gasteiger partial charge in [-0.15, -0.1) is 0 Å². The van der Waals surface area contributed by atoms with E-state index in [1.54, 1.807) is 13.2 Å². The minimum atomic E-state index is -3.54. The molecule has 1 fully saturated rings. The number of aromatic nitrogens is 1. The van der Waals surface area contributed by atoms with Crippen LogP contribution in [-0.4, -0.2) is 44.0 Å². The first kappa shape index (κ1) is 22.0. The lowest BCUT2D eigenvalue weighted by atomic mass is 10.1. The van der Waals surface area contributed by atoms with Crippen LogP contribution in [0.1, 0.15) is 35.3 Å². The summed E-state index contributed by atoms with van der Waals surface area (Å²) in [5.41, 5.74) is 1.51. The third-order valence-corrected chi connectivity index (χ3v) is 7.22. The summed E-state index contributed by atoms with van der Waals surface area (Å²) in [6.45, 7) is 0.989. The van der Waals surface area contributed by atoms with Crippen LogP contribution in [0.2, 0.25) is 0 Å². The van der Waals surface area contributed by atoms with Crippen LogP contribution in [0, 0.1) is 0 Å². The fourth-order valence-corrected chi connectivity index (χ4v) is 5.05. The summed E-state index contributed by atoms with van der Waals surface area (Å²) < 4.78 is 42.8. The number of benzene rings is 2. The number of piperidine rings is 1. The molecule has 0 aliphatic carbocycles. The van der Waals surface area contributed by atoms with Gasteiger partial charge in [0.05, 0.1) is 17.6 Å². The van der Waals surface area contributed by atoms with Gasteiger partial charge in [0.25, 0.3) is 0 Å². The molecule has 3 aromatic rings. The normalized spacial score (nSPS) is 14.8. The minimum Gasteiger partial charge on any atom is -0.497 e. The standard InChI is InChI=1S/C23H24N2O6S/c1-29-20-7-5-6-18(14-20)22-15-19(24-31-22)16-30-23(26)17-8-10-21(11-9-17)32(27,28)25-12-3-2-4-13-25/h5-11,14-15H,2-4,12-13,16H2,1H3. The van der Waals surface area contributed by atoms with Crippen molar-refractivity contribution in [2.75, 3.05) is 20.2 Å². The van der Waals surface area contributed by atoms with Crippen LogP contribution < -0.4 is 4.74 Å². The van der Waals surface area contributed by atoms with Crippen molar-refractivity contribution in [3.8, 4) is 17.1 Å². The molecule has 0 spiro atoms. The van der Waals surface area contributed by atoms with Gasteiger partial charge in [-0.25, -0.2) is 13.2 Å². The molecule has 2 aromatic carbocycles. The van der Waals surface area contributed by atoms with Gasteiger partial charge in [0, 0.05) is 24.7 Å². The topological polar surface area (TPSA) is 98.9 Å². The molecule has 0 N–H and O–H groups in total. The van der Waals surface area contributed by atoms with Gasteiger partial charge in [0.1, 0.15) is 18.1 Å². The first-order chi connectivity index (χ1) is 15.5. The average molecular weight is 457 g/mol. The average Bonchev–Trinajstić information content (AvgIpc) is 3.32. The van der Waals surface area contributed by atoms with Crippen LogP contribution in [0.4, 0.5) is 0 Å².